The molecule has 0 saturated heterocycles. The van der Waals surface area contributed by atoms with E-state index in [4.69, 9.17) is 11.6 Å². The topological polar surface area (TPSA) is 12.9 Å². The maximum atomic E-state index is 5.80. The van der Waals surface area contributed by atoms with Gasteiger partial charge in [-0.25, -0.2) is 4.98 Å². The van der Waals surface area contributed by atoms with Crippen LogP contribution in [-0.2, 0) is 12.3 Å². The van der Waals surface area contributed by atoms with Crippen molar-refractivity contribution in [2.45, 2.75) is 26.1 Å². The fraction of sp³-hybridized carbons (Fsp3) is 0.308. The molecule has 0 fully saturated rings. The SMILES string of the molecule is CCc1ccc(-c2nc(CCl)sc2C)cc1. The third-order valence-electron chi connectivity index (χ3n) is 2.59. The van der Waals surface area contributed by atoms with Crippen LogP contribution in [0.3, 0.4) is 0 Å². The number of rotatable bonds is 3. The van der Waals surface area contributed by atoms with E-state index >= 15 is 0 Å². The molecule has 0 N–H and O–H groups in total. The number of nitrogens with zero attached hydrogens (tertiary/aromatic N) is 1. The van der Waals surface area contributed by atoms with Crippen LogP contribution in [0.15, 0.2) is 24.3 Å². The van der Waals surface area contributed by atoms with Gasteiger partial charge >= 0.3 is 0 Å². The Balaban J connectivity index is 2.38. The molecule has 1 aromatic heterocycles. The lowest BCUT2D eigenvalue weighted by molar-refractivity contribution is 1.14. The molecule has 0 spiro atoms. The van der Waals surface area contributed by atoms with Gasteiger partial charge in [0.2, 0.25) is 0 Å². The Hall–Kier alpha value is -0.860. The molecule has 0 aliphatic carbocycles. The number of hydrogen-bond donors (Lipinski definition) is 0. The lowest BCUT2D eigenvalue weighted by Gasteiger charge is -2.00. The van der Waals surface area contributed by atoms with Crippen molar-refractivity contribution in [3.63, 3.8) is 0 Å². The molecule has 0 saturated carbocycles. The number of aryl methyl sites for hydroxylation is 2. The molecular weight excluding hydrogens is 238 g/mol. The maximum Gasteiger partial charge on any atom is 0.108 e. The second-order valence-electron chi connectivity index (χ2n) is 3.70. The molecule has 0 unspecified atom stereocenters. The van der Waals surface area contributed by atoms with E-state index in [0.29, 0.717) is 5.88 Å². The molecule has 0 aliphatic rings. The molecule has 0 radical (unpaired) electrons. The van der Waals surface area contributed by atoms with Crippen molar-refractivity contribution in [3.05, 3.63) is 39.7 Å². The highest BCUT2D eigenvalue weighted by Crippen LogP contribution is 2.28. The third-order valence-corrected chi connectivity index (χ3v) is 3.97. The molecule has 0 atom stereocenters. The van der Waals surface area contributed by atoms with Crippen molar-refractivity contribution in [2.75, 3.05) is 0 Å². The number of thiazole rings is 1. The fourth-order valence-electron chi connectivity index (χ4n) is 1.67. The molecular formula is C13H14ClNS. The number of aromatic nitrogens is 1. The van der Waals surface area contributed by atoms with Crippen LogP contribution in [-0.4, -0.2) is 4.98 Å². The first kappa shape index (κ1) is 11.6. The van der Waals surface area contributed by atoms with E-state index in [1.165, 1.54) is 16.0 Å². The summed E-state index contributed by atoms with van der Waals surface area (Å²) in [6.07, 6.45) is 1.07. The quantitative estimate of drug-likeness (QED) is 0.736. The Bertz CT molecular complexity index is 473. The van der Waals surface area contributed by atoms with E-state index in [9.17, 15) is 0 Å². The number of hydrogen-bond acceptors (Lipinski definition) is 2. The minimum absolute atomic E-state index is 0.499. The Labute approximate surface area is 105 Å². The summed E-state index contributed by atoms with van der Waals surface area (Å²) in [5, 5.41) is 0.994. The summed E-state index contributed by atoms with van der Waals surface area (Å²) in [4.78, 5) is 5.78. The average Bonchev–Trinajstić information content (AvgIpc) is 2.71. The maximum absolute atomic E-state index is 5.80. The lowest BCUT2D eigenvalue weighted by Crippen LogP contribution is -1.84. The predicted octanol–water partition coefficient (Wildman–Crippen LogP) is 4.42. The molecule has 2 aromatic rings. The third kappa shape index (κ3) is 2.28. The highest BCUT2D eigenvalue weighted by molar-refractivity contribution is 7.12. The first-order valence-corrected chi connectivity index (χ1v) is 6.71. The van der Waals surface area contributed by atoms with Crippen LogP contribution >= 0.6 is 22.9 Å². The van der Waals surface area contributed by atoms with E-state index in [1.807, 2.05) is 0 Å². The van der Waals surface area contributed by atoms with Gasteiger partial charge in [0.25, 0.3) is 0 Å². The molecule has 3 heteroatoms. The smallest absolute Gasteiger partial charge is 0.108 e. The first-order valence-electron chi connectivity index (χ1n) is 5.36. The monoisotopic (exact) mass is 251 g/mol. The van der Waals surface area contributed by atoms with Crippen LogP contribution in [0, 0.1) is 6.92 Å². The summed E-state index contributed by atoms with van der Waals surface area (Å²) < 4.78 is 0. The number of alkyl halides is 1. The molecule has 2 rings (SSSR count). The summed E-state index contributed by atoms with van der Waals surface area (Å²) >= 11 is 7.47. The molecule has 84 valence electrons. The van der Waals surface area contributed by atoms with Gasteiger partial charge in [0.15, 0.2) is 0 Å². The lowest BCUT2D eigenvalue weighted by atomic mass is 10.1. The summed E-state index contributed by atoms with van der Waals surface area (Å²) in [5.41, 5.74) is 3.61. The molecule has 1 aromatic carbocycles. The Morgan fingerprint density at radius 3 is 2.44 bits per heavy atom. The van der Waals surface area contributed by atoms with Crippen molar-refractivity contribution in [2.24, 2.45) is 0 Å². The Morgan fingerprint density at radius 2 is 1.94 bits per heavy atom. The second kappa shape index (κ2) is 4.98. The first-order chi connectivity index (χ1) is 7.74. The molecule has 0 amide bonds. The van der Waals surface area contributed by atoms with Gasteiger partial charge in [0.05, 0.1) is 11.6 Å². The van der Waals surface area contributed by atoms with Crippen molar-refractivity contribution in [1.29, 1.82) is 0 Å². The van der Waals surface area contributed by atoms with Gasteiger partial charge in [-0.3, -0.25) is 0 Å². The van der Waals surface area contributed by atoms with Crippen molar-refractivity contribution in [1.82, 2.24) is 4.98 Å². The fourth-order valence-corrected chi connectivity index (χ4v) is 2.70. The Morgan fingerprint density at radius 1 is 1.25 bits per heavy atom. The van der Waals surface area contributed by atoms with E-state index in [0.717, 1.165) is 17.1 Å². The highest BCUT2D eigenvalue weighted by atomic mass is 35.5. The molecule has 0 bridgehead atoms. The van der Waals surface area contributed by atoms with Crippen molar-refractivity contribution < 1.29 is 0 Å². The summed E-state index contributed by atoms with van der Waals surface area (Å²) in [6.45, 7) is 4.26. The zero-order valence-corrected chi connectivity index (χ0v) is 11.0. The predicted molar refractivity (Wildman–Crippen MR) is 71.2 cm³/mol. The largest absolute Gasteiger partial charge is 0.240 e. The van der Waals surface area contributed by atoms with Gasteiger partial charge in [-0.1, -0.05) is 31.2 Å². The minimum atomic E-state index is 0.499. The Kier molecular flexibility index (Phi) is 3.62. The van der Waals surface area contributed by atoms with E-state index < -0.39 is 0 Å². The van der Waals surface area contributed by atoms with Crippen molar-refractivity contribution in [3.8, 4) is 11.3 Å². The van der Waals surface area contributed by atoms with Gasteiger partial charge in [-0.15, -0.1) is 22.9 Å². The molecule has 16 heavy (non-hydrogen) atoms. The van der Waals surface area contributed by atoms with Crippen LogP contribution in [0.25, 0.3) is 11.3 Å². The summed E-state index contributed by atoms with van der Waals surface area (Å²) in [7, 11) is 0. The van der Waals surface area contributed by atoms with E-state index in [1.54, 1.807) is 11.3 Å². The molecule has 1 nitrogen and oxygen atoms in total. The van der Waals surface area contributed by atoms with Gasteiger partial charge < -0.3 is 0 Å². The van der Waals surface area contributed by atoms with Gasteiger partial charge in [0, 0.05) is 10.4 Å². The zero-order valence-electron chi connectivity index (χ0n) is 9.46. The minimum Gasteiger partial charge on any atom is -0.240 e. The zero-order chi connectivity index (χ0) is 11.5. The van der Waals surface area contributed by atoms with Crippen LogP contribution in [0.5, 0.6) is 0 Å². The molecule has 0 aliphatic heterocycles. The molecule has 1 heterocycles. The van der Waals surface area contributed by atoms with Gasteiger partial charge in [-0.05, 0) is 18.9 Å². The van der Waals surface area contributed by atoms with Gasteiger partial charge in [-0.2, -0.15) is 0 Å². The van der Waals surface area contributed by atoms with E-state index in [-0.39, 0.29) is 0 Å². The van der Waals surface area contributed by atoms with E-state index in [2.05, 4.69) is 43.1 Å². The summed E-state index contributed by atoms with van der Waals surface area (Å²) in [5.74, 6) is 0.499. The summed E-state index contributed by atoms with van der Waals surface area (Å²) in [6, 6.07) is 8.60. The van der Waals surface area contributed by atoms with Crippen LogP contribution in [0.4, 0.5) is 0 Å². The number of halogens is 1. The number of benzene rings is 1. The normalized spacial score (nSPS) is 10.7. The second-order valence-corrected chi connectivity index (χ2v) is 5.25. The standard InChI is InChI=1S/C13H14ClNS/c1-3-10-4-6-11(7-5-10)13-9(2)16-12(8-14)15-13/h4-7H,3,8H2,1-2H3. The van der Waals surface area contributed by atoms with Crippen molar-refractivity contribution >= 4 is 22.9 Å². The van der Waals surface area contributed by atoms with Crippen LogP contribution in [0.2, 0.25) is 0 Å². The van der Waals surface area contributed by atoms with Crippen LogP contribution < -0.4 is 0 Å². The van der Waals surface area contributed by atoms with Gasteiger partial charge in [0.1, 0.15) is 5.01 Å². The average molecular weight is 252 g/mol. The van der Waals surface area contributed by atoms with Crippen LogP contribution in [0.1, 0.15) is 22.4 Å². The highest BCUT2D eigenvalue weighted by Gasteiger charge is 2.08.